The highest BCUT2D eigenvalue weighted by Gasteiger charge is 2.19. The fraction of sp³-hybridized carbons (Fsp3) is 0.136. The van der Waals surface area contributed by atoms with Crippen LogP contribution < -0.4 is 16.0 Å². The van der Waals surface area contributed by atoms with E-state index in [4.69, 9.17) is 5.41 Å². The Balaban J connectivity index is 1.67. The summed E-state index contributed by atoms with van der Waals surface area (Å²) in [6, 6.07) is 15.9. The Bertz CT molecular complexity index is 1160. The normalized spacial score (nSPS) is 10.9. The molecule has 0 aliphatic carbocycles. The Kier molecular flexibility index (Phi) is 6.99. The van der Waals surface area contributed by atoms with Crippen LogP contribution in [0.1, 0.15) is 22.8 Å². The van der Waals surface area contributed by atoms with E-state index in [1.807, 2.05) is 0 Å². The predicted molar refractivity (Wildman–Crippen MR) is 119 cm³/mol. The van der Waals surface area contributed by atoms with Crippen molar-refractivity contribution in [1.29, 1.82) is 5.41 Å². The molecular formula is C22H23N5O3S. The molecule has 1 aromatic heterocycles. The van der Waals surface area contributed by atoms with Gasteiger partial charge in [-0.3, -0.25) is 15.2 Å². The van der Waals surface area contributed by atoms with Crippen molar-refractivity contribution >= 4 is 27.4 Å². The molecule has 3 rings (SSSR count). The van der Waals surface area contributed by atoms with Crippen LogP contribution in [0.4, 0.5) is 5.69 Å². The number of pyridine rings is 1. The molecule has 0 spiro atoms. The maximum Gasteiger partial charge on any atom is 0.251 e. The highest BCUT2D eigenvalue weighted by atomic mass is 32.2. The average Bonchev–Trinajstić information content (AvgIpc) is 2.79. The predicted octanol–water partition coefficient (Wildman–Crippen LogP) is 2.80. The number of nitrogens with zero attached hydrogens (tertiary/aromatic N) is 1. The number of sulfone groups is 1. The molecule has 31 heavy (non-hydrogen) atoms. The van der Waals surface area contributed by atoms with E-state index in [-0.39, 0.29) is 21.7 Å². The van der Waals surface area contributed by atoms with Gasteiger partial charge in [-0.05, 0) is 55.0 Å². The van der Waals surface area contributed by atoms with Crippen molar-refractivity contribution in [3.63, 3.8) is 0 Å². The monoisotopic (exact) mass is 437 g/mol. The van der Waals surface area contributed by atoms with Crippen molar-refractivity contribution in [1.82, 2.24) is 15.6 Å². The SMILES string of the molecule is CCNC(=O)c1cccc(S(=O)(=O)c2ccc(CNC(=N)Nc3ccncc3)cc2)c1. The number of rotatable bonds is 7. The molecule has 9 heteroatoms. The summed E-state index contributed by atoms with van der Waals surface area (Å²) < 4.78 is 25.9. The van der Waals surface area contributed by atoms with Crippen molar-refractivity contribution in [2.75, 3.05) is 11.9 Å². The number of carbonyl (C=O) groups is 1. The van der Waals surface area contributed by atoms with Crippen molar-refractivity contribution in [3.8, 4) is 0 Å². The van der Waals surface area contributed by atoms with E-state index in [1.165, 1.54) is 24.3 Å². The first kappa shape index (κ1) is 22.0. The second-order valence-corrected chi connectivity index (χ2v) is 8.57. The molecule has 3 aromatic rings. The van der Waals surface area contributed by atoms with Crippen LogP contribution in [0.5, 0.6) is 0 Å². The maximum atomic E-state index is 13.0. The van der Waals surface area contributed by atoms with E-state index in [1.54, 1.807) is 55.7 Å². The van der Waals surface area contributed by atoms with Gasteiger partial charge in [0.25, 0.3) is 5.91 Å². The number of aromatic nitrogens is 1. The van der Waals surface area contributed by atoms with Gasteiger partial charge in [0, 0.05) is 36.7 Å². The minimum Gasteiger partial charge on any atom is -0.352 e. The number of benzene rings is 2. The molecule has 160 valence electrons. The van der Waals surface area contributed by atoms with Crippen molar-refractivity contribution < 1.29 is 13.2 Å². The van der Waals surface area contributed by atoms with Crippen molar-refractivity contribution in [2.24, 2.45) is 0 Å². The van der Waals surface area contributed by atoms with Gasteiger partial charge < -0.3 is 16.0 Å². The van der Waals surface area contributed by atoms with Gasteiger partial charge in [-0.2, -0.15) is 0 Å². The van der Waals surface area contributed by atoms with E-state index in [0.29, 0.717) is 18.7 Å². The van der Waals surface area contributed by atoms with Crippen LogP contribution in [0, 0.1) is 5.41 Å². The molecule has 8 nitrogen and oxygen atoms in total. The molecular weight excluding hydrogens is 414 g/mol. The lowest BCUT2D eigenvalue weighted by atomic mass is 10.2. The lowest BCUT2D eigenvalue weighted by Crippen LogP contribution is -2.29. The zero-order chi connectivity index (χ0) is 22.3. The smallest absolute Gasteiger partial charge is 0.251 e. The summed E-state index contributed by atoms with van der Waals surface area (Å²) in [6.07, 6.45) is 3.25. The Morgan fingerprint density at radius 2 is 1.68 bits per heavy atom. The first-order chi connectivity index (χ1) is 14.9. The molecule has 2 aromatic carbocycles. The van der Waals surface area contributed by atoms with Crippen molar-refractivity contribution in [3.05, 3.63) is 84.2 Å². The average molecular weight is 438 g/mol. The Morgan fingerprint density at radius 1 is 0.968 bits per heavy atom. The van der Waals surface area contributed by atoms with E-state index in [0.717, 1.165) is 11.3 Å². The van der Waals surface area contributed by atoms with Crippen LogP contribution >= 0.6 is 0 Å². The van der Waals surface area contributed by atoms with E-state index >= 15 is 0 Å². The van der Waals surface area contributed by atoms with E-state index in [2.05, 4.69) is 20.9 Å². The molecule has 4 N–H and O–H groups in total. The van der Waals surface area contributed by atoms with Crippen LogP contribution in [0.25, 0.3) is 0 Å². The topological polar surface area (TPSA) is 124 Å². The van der Waals surface area contributed by atoms with Gasteiger partial charge in [-0.25, -0.2) is 8.42 Å². The van der Waals surface area contributed by atoms with Crippen LogP contribution in [-0.2, 0) is 16.4 Å². The minimum absolute atomic E-state index is 0.0606. The summed E-state index contributed by atoms with van der Waals surface area (Å²) in [6.45, 7) is 2.61. The first-order valence-electron chi connectivity index (χ1n) is 9.62. The summed E-state index contributed by atoms with van der Waals surface area (Å²) in [5, 5.41) is 16.4. The third-order valence-electron chi connectivity index (χ3n) is 4.40. The lowest BCUT2D eigenvalue weighted by Gasteiger charge is -2.11. The highest BCUT2D eigenvalue weighted by molar-refractivity contribution is 7.91. The second kappa shape index (κ2) is 9.86. The molecule has 0 saturated heterocycles. The standard InChI is InChI=1S/C22H23N5O3S/c1-2-25-21(28)17-4-3-5-20(14-17)31(29,30)19-8-6-16(7-9-19)15-26-22(23)27-18-10-12-24-13-11-18/h3-14H,2,15H2,1H3,(H,25,28)(H3,23,24,26,27). The van der Waals surface area contributed by atoms with E-state index < -0.39 is 9.84 Å². The molecule has 0 saturated carbocycles. The number of anilines is 1. The molecule has 1 heterocycles. The van der Waals surface area contributed by atoms with Crippen LogP contribution in [0.3, 0.4) is 0 Å². The van der Waals surface area contributed by atoms with Gasteiger partial charge in [0.2, 0.25) is 9.84 Å². The summed E-state index contributed by atoms with van der Waals surface area (Å²) in [4.78, 5) is 16.1. The van der Waals surface area contributed by atoms with Gasteiger partial charge in [0.15, 0.2) is 5.96 Å². The van der Waals surface area contributed by atoms with Gasteiger partial charge in [0.1, 0.15) is 0 Å². The Labute approximate surface area is 181 Å². The van der Waals surface area contributed by atoms with Crippen LogP contribution in [-0.4, -0.2) is 31.8 Å². The minimum atomic E-state index is -3.76. The van der Waals surface area contributed by atoms with Gasteiger partial charge in [-0.1, -0.05) is 18.2 Å². The van der Waals surface area contributed by atoms with Gasteiger partial charge in [0.05, 0.1) is 9.79 Å². The number of nitrogens with one attached hydrogen (secondary N) is 4. The number of hydrogen-bond acceptors (Lipinski definition) is 5. The van der Waals surface area contributed by atoms with Gasteiger partial charge in [-0.15, -0.1) is 0 Å². The second-order valence-electron chi connectivity index (χ2n) is 6.62. The fourth-order valence-corrected chi connectivity index (χ4v) is 4.11. The summed E-state index contributed by atoms with van der Waals surface area (Å²) in [5.74, 6) is -0.200. The number of guanidine groups is 1. The van der Waals surface area contributed by atoms with Crippen LogP contribution in [0.2, 0.25) is 0 Å². The molecule has 0 atom stereocenters. The van der Waals surface area contributed by atoms with Crippen LogP contribution in [0.15, 0.2) is 82.8 Å². The summed E-state index contributed by atoms with van der Waals surface area (Å²) in [5.41, 5.74) is 1.85. The quantitative estimate of drug-likeness (QED) is 0.333. The summed E-state index contributed by atoms with van der Waals surface area (Å²) in [7, 11) is -3.76. The molecule has 0 aliphatic heterocycles. The zero-order valence-corrected chi connectivity index (χ0v) is 17.7. The highest BCUT2D eigenvalue weighted by Crippen LogP contribution is 2.22. The number of amides is 1. The molecule has 0 aliphatic rings. The Morgan fingerprint density at radius 3 is 2.35 bits per heavy atom. The zero-order valence-electron chi connectivity index (χ0n) is 16.9. The number of hydrogen-bond donors (Lipinski definition) is 4. The molecule has 0 fully saturated rings. The molecule has 0 radical (unpaired) electrons. The van der Waals surface area contributed by atoms with Gasteiger partial charge >= 0.3 is 0 Å². The largest absolute Gasteiger partial charge is 0.352 e. The number of carbonyl (C=O) groups excluding carboxylic acids is 1. The molecule has 1 amide bonds. The van der Waals surface area contributed by atoms with Crippen molar-refractivity contribution in [2.45, 2.75) is 23.3 Å². The maximum absolute atomic E-state index is 13.0. The molecule has 0 unspecified atom stereocenters. The third-order valence-corrected chi connectivity index (χ3v) is 6.16. The fourth-order valence-electron chi connectivity index (χ4n) is 2.80. The Hall–Kier alpha value is -3.72. The third kappa shape index (κ3) is 5.67. The van der Waals surface area contributed by atoms with E-state index in [9.17, 15) is 13.2 Å². The molecule has 0 bridgehead atoms. The first-order valence-corrected chi connectivity index (χ1v) is 11.1. The lowest BCUT2D eigenvalue weighted by molar-refractivity contribution is 0.0955. The summed E-state index contributed by atoms with van der Waals surface area (Å²) >= 11 is 0.